The van der Waals surface area contributed by atoms with E-state index in [4.69, 9.17) is 0 Å². The van der Waals surface area contributed by atoms with Crippen LogP contribution >= 0.6 is 0 Å². The smallest absolute Gasteiger partial charge is 0.220 e. The lowest BCUT2D eigenvalue weighted by Crippen LogP contribution is -2.23. The summed E-state index contributed by atoms with van der Waals surface area (Å²) in [6, 6.07) is 0. The average molecular weight is 312 g/mol. The van der Waals surface area contributed by atoms with Crippen LogP contribution in [0.15, 0.2) is 0 Å². The van der Waals surface area contributed by atoms with Crippen LogP contribution in [0.3, 0.4) is 0 Å². The SMILES string of the molecule is CC(N)=O.CCCCCCCC(=O)NCc1nnn(CC)n1. The molecule has 0 bridgehead atoms. The van der Waals surface area contributed by atoms with Crippen molar-refractivity contribution in [2.24, 2.45) is 5.73 Å². The van der Waals surface area contributed by atoms with E-state index in [1.54, 1.807) is 0 Å². The number of amides is 2. The largest absolute Gasteiger partial charge is 0.370 e. The molecule has 8 heteroatoms. The number of nitrogens with two attached hydrogens (primary N) is 1. The summed E-state index contributed by atoms with van der Waals surface area (Å²) in [6.07, 6.45) is 6.38. The zero-order chi connectivity index (χ0) is 16.8. The number of aryl methyl sites for hydroxylation is 1. The van der Waals surface area contributed by atoms with E-state index in [-0.39, 0.29) is 11.8 Å². The summed E-state index contributed by atoms with van der Waals surface area (Å²) in [6.45, 7) is 6.50. The van der Waals surface area contributed by atoms with E-state index in [0.717, 1.165) is 12.8 Å². The summed E-state index contributed by atoms with van der Waals surface area (Å²) in [5, 5.41) is 14.6. The van der Waals surface area contributed by atoms with Gasteiger partial charge in [-0.05, 0) is 18.6 Å². The van der Waals surface area contributed by atoms with Crippen molar-refractivity contribution in [3.8, 4) is 0 Å². The van der Waals surface area contributed by atoms with Gasteiger partial charge in [0.2, 0.25) is 11.8 Å². The van der Waals surface area contributed by atoms with E-state index in [1.165, 1.54) is 31.0 Å². The highest BCUT2D eigenvalue weighted by molar-refractivity contribution is 5.75. The number of primary amides is 1. The van der Waals surface area contributed by atoms with Crippen molar-refractivity contribution in [1.82, 2.24) is 25.5 Å². The minimum absolute atomic E-state index is 0.0688. The lowest BCUT2D eigenvalue weighted by atomic mass is 10.1. The Balaban J connectivity index is 0.000000980. The van der Waals surface area contributed by atoms with Crippen molar-refractivity contribution in [3.05, 3.63) is 5.82 Å². The highest BCUT2D eigenvalue weighted by Crippen LogP contribution is 2.04. The third-order valence-corrected chi connectivity index (χ3v) is 2.73. The highest BCUT2D eigenvalue weighted by Gasteiger charge is 2.04. The van der Waals surface area contributed by atoms with Crippen LogP contribution in [0.5, 0.6) is 0 Å². The third-order valence-electron chi connectivity index (χ3n) is 2.73. The highest BCUT2D eigenvalue weighted by atomic mass is 16.1. The van der Waals surface area contributed by atoms with Crippen molar-refractivity contribution in [3.63, 3.8) is 0 Å². The van der Waals surface area contributed by atoms with E-state index >= 15 is 0 Å². The molecule has 1 rings (SSSR count). The van der Waals surface area contributed by atoms with E-state index in [2.05, 4.69) is 33.4 Å². The van der Waals surface area contributed by atoms with E-state index in [9.17, 15) is 9.59 Å². The zero-order valence-electron chi connectivity index (χ0n) is 13.8. The third kappa shape index (κ3) is 11.8. The van der Waals surface area contributed by atoms with E-state index in [1.807, 2.05) is 6.92 Å². The summed E-state index contributed by atoms with van der Waals surface area (Å²) in [5.41, 5.74) is 4.47. The fraction of sp³-hybridized carbons (Fsp3) is 0.786. The monoisotopic (exact) mass is 312 g/mol. The first-order valence-corrected chi connectivity index (χ1v) is 7.79. The molecule has 2 amide bonds. The van der Waals surface area contributed by atoms with Crippen LogP contribution in [0, 0.1) is 0 Å². The van der Waals surface area contributed by atoms with Gasteiger partial charge in [0.25, 0.3) is 0 Å². The predicted octanol–water partition coefficient (Wildman–Crippen LogP) is 1.16. The Hall–Kier alpha value is -1.99. The minimum Gasteiger partial charge on any atom is -0.370 e. The number of carbonyl (C=O) groups excluding carboxylic acids is 2. The van der Waals surface area contributed by atoms with E-state index in [0.29, 0.717) is 25.3 Å². The van der Waals surface area contributed by atoms with Gasteiger partial charge in [-0.25, -0.2) is 0 Å². The van der Waals surface area contributed by atoms with Gasteiger partial charge in [0, 0.05) is 13.3 Å². The molecule has 0 saturated heterocycles. The van der Waals surface area contributed by atoms with E-state index < -0.39 is 0 Å². The van der Waals surface area contributed by atoms with Crippen LogP contribution in [-0.2, 0) is 22.7 Å². The summed E-state index contributed by atoms with van der Waals surface area (Å²) in [7, 11) is 0. The summed E-state index contributed by atoms with van der Waals surface area (Å²) < 4.78 is 0. The molecule has 0 aromatic carbocycles. The van der Waals surface area contributed by atoms with Crippen molar-refractivity contribution in [2.45, 2.75) is 72.4 Å². The van der Waals surface area contributed by atoms with Crippen LogP contribution in [-0.4, -0.2) is 32.0 Å². The molecule has 8 nitrogen and oxygen atoms in total. The fourth-order valence-electron chi connectivity index (χ4n) is 1.64. The Kier molecular flexibility index (Phi) is 11.6. The Labute approximate surface area is 131 Å². The maximum atomic E-state index is 11.5. The average Bonchev–Trinajstić information content (AvgIpc) is 2.92. The number of rotatable bonds is 9. The molecule has 1 heterocycles. The number of unbranched alkanes of at least 4 members (excludes halogenated alkanes) is 4. The molecule has 0 unspecified atom stereocenters. The molecule has 22 heavy (non-hydrogen) atoms. The van der Waals surface area contributed by atoms with Crippen LogP contribution in [0.4, 0.5) is 0 Å². The van der Waals surface area contributed by atoms with Gasteiger partial charge in [-0.2, -0.15) is 4.80 Å². The lowest BCUT2D eigenvalue weighted by Gasteiger charge is -2.02. The molecule has 0 spiro atoms. The van der Waals surface area contributed by atoms with Crippen molar-refractivity contribution < 1.29 is 9.59 Å². The number of tetrazole rings is 1. The Morgan fingerprint density at radius 3 is 2.36 bits per heavy atom. The fourth-order valence-corrected chi connectivity index (χ4v) is 1.64. The van der Waals surface area contributed by atoms with Crippen molar-refractivity contribution >= 4 is 11.8 Å². The molecule has 0 saturated carbocycles. The molecular formula is C14H28N6O2. The topological polar surface area (TPSA) is 116 Å². The molecule has 0 atom stereocenters. The summed E-state index contributed by atoms with van der Waals surface area (Å²) >= 11 is 0. The molecule has 0 fully saturated rings. The van der Waals surface area contributed by atoms with Gasteiger partial charge in [0.15, 0.2) is 5.82 Å². The normalized spacial score (nSPS) is 9.77. The Morgan fingerprint density at radius 1 is 1.18 bits per heavy atom. The van der Waals surface area contributed by atoms with Gasteiger partial charge >= 0.3 is 0 Å². The van der Waals surface area contributed by atoms with Crippen LogP contribution < -0.4 is 11.1 Å². The van der Waals surface area contributed by atoms with Gasteiger partial charge in [-0.15, -0.1) is 10.2 Å². The first-order chi connectivity index (χ1) is 10.5. The zero-order valence-corrected chi connectivity index (χ0v) is 13.8. The molecule has 1 aromatic rings. The van der Waals surface area contributed by atoms with Gasteiger partial charge in [-0.1, -0.05) is 32.6 Å². The number of aromatic nitrogens is 4. The predicted molar refractivity (Wildman–Crippen MR) is 83.6 cm³/mol. The summed E-state index contributed by atoms with van der Waals surface area (Å²) in [5.74, 6) is 0.301. The molecule has 0 aliphatic rings. The minimum atomic E-state index is -0.333. The number of hydrogen-bond donors (Lipinski definition) is 2. The number of hydrogen-bond acceptors (Lipinski definition) is 5. The second-order valence-electron chi connectivity index (χ2n) is 4.95. The van der Waals surface area contributed by atoms with Gasteiger partial charge in [-0.3, -0.25) is 9.59 Å². The van der Waals surface area contributed by atoms with Crippen LogP contribution in [0.25, 0.3) is 0 Å². The number of nitrogens with zero attached hydrogens (tertiary/aromatic N) is 4. The maximum absolute atomic E-state index is 11.5. The second-order valence-corrected chi connectivity index (χ2v) is 4.95. The number of nitrogens with one attached hydrogen (secondary N) is 1. The van der Waals surface area contributed by atoms with Crippen molar-refractivity contribution in [1.29, 1.82) is 0 Å². The van der Waals surface area contributed by atoms with Gasteiger partial charge in [0.05, 0.1) is 13.1 Å². The molecule has 0 radical (unpaired) electrons. The Morgan fingerprint density at radius 2 is 1.82 bits per heavy atom. The first-order valence-electron chi connectivity index (χ1n) is 7.79. The number of carbonyl (C=O) groups is 2. The molecule has 0 aliphatic carbocycles. The molecule has 3 N–H and O–H groups in total. The quantitative estimate of drug-likeness (QED) is 0.664. The molecular weight excluding hydrogens is 284 g/mol. The van der Waals surface area contributed by atoms with Gasteiger partial charge in [0.1, 0.15) is 0 Å². The summed E-state index contributed by atoms with van der Waals surface area (Å²) in [4.78, 5) is 22.3. The van der Waals surface area contributed by atoms with Crippen molar-refractivity contribution in [2.75, 3.05) is 0 Å². The maximum Gasteiger partial charge on any atom is 0.220 e. The van der Waals surface area contributed by atoms with Gasteiger partial charge < -0.3 is 11.1 Å². The molecule has 1 aromatic heterocycles. The van der Waals surface area contributed by atoms with Crippen LogP contribution in [0.1, 0.15) is 65.1 Å². The van der Waals surface area contributed by atoms with Crippen LogP contribution in [0.2, 0.25) is 0 Å². The molecule has 0 aliphatic heterocycles. The lowest BCUT2D eigenvalue weighted by molar-refractivity contribution is -0.121. The Bertz CT molecular complexity index is 429. The first kappa shape index (κ1) is 20.0. The standard InChI is InChI=1S/C12H23N5O.C2H5NO/c1-3-5-6-7-8-9-12(18)13-10-11-14-16-17(4-2)15-11;1-2(3)4/h3-10H2,1-2H3,(H,13,18);1H3,(H2,3,4). The second kappa shape index (κ2) is 12.7. The molecule has 126 valence electrons.